The van der Waals surface area contributed by atoms with Crippen molar-refractivity contribution in [3.8, 4) is 11.5 Å². The zero-order valence-corrected chi connectivity index (χ0v) is 18.9. The molecule has 0 aliphatic heterocycles. The van der Waals surface area contributed by atoms with Crippen molar-refractivity contribution in [3.05, 3.63) is 59.4 Å². The lowest BCUT2D eigenvalue weighted by Crippen LogP contribution is -2.48. The number of methoxy groups -OCH3 is 1. The Bertz CT molecular complexity index is 947. The van der Waals surface area contributed by atoms with E-state index in [0.29, 0.717) is 23.7 Å². The van der Waals surface area contributed by atoms with E-state index in [9.17, 15) is 14.0 Å². The van der Waals surface area contributed by atoms with Crippen LogP contribution in [0.15, 0.2) is 47.6 Å². The van der Waals surface area contributed by atoms with Crippen molar-refractivity contribution in [1.82, 2.24) is 10.7 Å². The summed E-state index contributed by atoms with van der Waals surface area (Å²) in [6.45, 7) is 6.24. The summed E-state index contributed by atoms with van der Waals surface area (Å²) in [6.07, 6.45) is 3.44. The van der Waals surface area contributed by atoms with E-state index in [-0.39, 0.29) is 11.5 Å². The lowest BCUT2D eigenvalue weighted by atomic mass is 10.0. The van der Waals surface area contributed by atoms with Gasteiger partial charge in [0.1, 0.15) is 11.9 Å². The van der Waals surface area contributed by atoms with E-state index in [1.165, 1.54) is 24.4 Å². The number of halogens is 1. The monoisotopic (exact) mass is 443 g/mol. The first-order valence-electron chi connectivity index (χ1n) is 10.6. The lowest BCUT2D eigenvalue weighted by molar-refractivity contribution is -0.123. The molecule has 0 radical (unpaired) electrons. The first-order chi connectivity index (χ1) is 15.4. The molecule has 2 aromatic carbocycles. The van der Waals surface area contributed by atoms with E-state index in [2.05, 4.69) is 22.8 Å². The van der Waals surface area contributed by atoms with Gasteiger partial charge in [-0.15, -0.1) is 0 Å². The van der Waals surface area contributed by atoms with Gasteiger partial charge in [0.25, 0.3) is 11.8 Å². The van der Waals surface area contributed by atoms with E-state index in [4.69, 9.17) is 9.47 Å². The molecule has 172 valence electrons. The average molecular weight is 444 g/mol. The predicted molar refractivity (Wildman–Crippen MR) is 122 cm³/mol. The largest absolute Gasteiger partial charge is 0.493 e. The zero-order chi connectivity index (χ0) is 23.5. The first kappa shape index (κ1) is 24.8. The summed E-state index contributed by atoms with van der Waals surface area (Å²) in [4.78, 5) is 25.0. The molecule has 0 aliphatic rings. The predicted octanol–water partition coefficient (Wildman–Crippen LogP) is 3.92. The van der Waals surface area contributed by atoms with E-state index >= 15 is 0 Å². The van der Waals surface area contributed by atoms with Gasteiger partial charge in [-0.1, -0.05) is 39.3 Å². The van der Waals surface area contributed by atoms with E-state index in [1.807, 2.05) is 0 Å². The number of hydrazone groups is 1. The van der Waals surface area contributed by atoms with Gasteiger partial charge in [0.15, 0.2) is 11.5 Å². The second-order valence-corrected chi connectivity index (χ2v) is 7.52. The Balaban J connectivity index is 2.02. The molecule has 2 amide bonds. The SMILES string of the molecule is CCCCOc1ccc(/C=N/NC(=O)C(NC(=O)c2ccccc2F)C(C)C)cc1OC. The minimum Gasteiger partial charge on any atom is -0.493 e. The molecule has 0 aromatic heterocycles. The Morgan fingerprint density at radius 3 is 2.56 bits per heavy atom. The Morgan fingerprint density at radius 2 is 1.91 bits per heavy atom. The summed E-state index contributed by atoms with van der Waals surface area (Å²) < 4.78 is 24.9. The maximum absolute atomic E-state index is 13.9. The van der Waals surface area contributed by atoms with Gasteiger partial charge in [0.2, 0.25) is 0 Å². The van der Waals surface area contributed by atoms with Gasteiger partial charge in [-0.25, -0.2) is 9.82 Å². The molecular weight excluding hydrogens is 413 g/mol. The fourth-order valence-electron chi connectivity index (χ4n) is 2.85. The molecule has 0 aliphatic carbocycles. The van der Waals surface area contributed by atoms with Crippen molar-refractivity contribution in [2.24, 2.45) is 11.0 Å². The smallest absolute Gasteiger partial charge is 0.262 e. The molecule has 8 heteroatoms. The molecule has 2 aromatic rings. The standard InChI is InChI=1S/C24H30FN3O4/c1-5-6-13-32-20-12-11-17(14-21(20)31-4)15-26-28-24(30)22(16(2)3)27-23(29)18-9-7-8-10-19(18)25/h7-12,14-16,22H,5-6,13H2,1-4H3,(H,27,29)(H,28,30)/b26-15+. The van der Waals surface area contributed by atoms with Crippen molar-refractivity contribution in [2.45, 2.75) is 39.7 Å². The molecule has 2 N–H and O–H groups in total. The van der Waals surface area contributed by atoms with Gasteiger partial charge in [-0.2, -0.15) is 5.10 Å². The third-order valence-corrected chi connectivity index (χ3v) is 4.69. The average Bonchev–Trinajstić information content (AvgIpc) is 2.78. The van der Waals surface area contributed by atoms with E-state index in [0.717, 1.165) is 12.8 Å². The maximum atomic E-state index is 13.9. The van der Waals surface area contributed by atoms with E-state index < -0.39 is 23.7 Å². The van der Waals surface area contributed by atoms with Crippen LogP contribution < -0.4 is 20.2 Å². The summed E-state index contributed by atoms with van der Waals surface area (Å²) in [5, 5.41) is 6.55. The van der Waals surface area contributed by atoms with Crippen LogP contribution in [-0.2, 0) is 4.79 Å². The number of rotatable bonds is 11. The number of benzene rings is 2. The maximum Gasteiger partial charge on any atom is 0.262 e. The van der Waals surface area contributed by atoms with Crippen LogP contribution in [0.4, 0.5) is 4.39 Å². The fourth-order valence-corrected chi connectivity index (χ4v) is 2.85. The minimum absolute atomic E-state index is 0.122. The molecule has 0 heterocycles. The molecule has 0 spiro atoms. The van der Waals surface area contributed by atoms with Crippen LogP contribution in [0.3, 0.4) is 0 Å². The summed E-state index contributed by atoms with van der Waals surface area (Å²) in [7, 11) is 1.55. The highest BCUT2D eigenvalue weighted by Crippen LogP contribution is 2.27. The molecule has 1 unspecified atom stereocenters. The van der Waals surface area contributed by atoms with Crippen molar-refractivity contribution in [2.75, 3.05) is 13.7 Å². The molecule has 32 heavy (non-hydrogen) atoms. The molecule has 0 saturated heterocycles. The Hall–Kier alpha value is -3.42. The molecule has 0 bridgehead atoms. The van der Waals surface area contributed by atoms with Gasteiger partial charge in [-0.05, 0) is 48.2 Å². The number of carbonyl (C=O) groups excluding carboxylic acids is 2. The fraction of sp³-hybridized carbons (Fsp3) is 0.375. The van der Waals surface area contributed by atoms with E-state index in [1.54, 1.807) is 45.2 Å². The third kappa shape index (κ3) is 7.08. The first-order valence-corrected chi connectivity index (χ1v) is 10.6. The summed E-state index contributed by atoms with van der Waals surface area (Å²) >= 11 is 0. The number of hydrogen-bond donors (Lipinski definition) is 2. The quantitative estimate of drug-likeness (QED) is 0.313. The van der Waals surface area contributed by atoms with Crippen LogP contribution in [0.25, 0.3) is 0 Å². The van der Waals surface area contributed by atoms with Crippen LogP contribution in [0, 0.1) is 11.7 Å². The highest BCUT2D eigenvalue weighted by molar-refractivity contribution is 5.98. The molecule has 7 nitrogen and oxygen atoms in total. The van der Waals surface area contributed by atoms with Crippen LogP contribution in [0.5, 0.6) is 11.5 Å². The highest BCUT2D eigenvalue weighted by atomic mass is 19.1. The second kappa shape index (κ2) is 12.4. The molecule has 2 rings (SSSR count). The number of nitrogens with zero attached hydrogens (tertiary/aromatic N) is 1. The minimum atomic E-state index is -0.886. The van der Waals surface area contributed by atoms with Crippen LogP contribution in [0.2, 0.25) is 0 Å². The van der Waals surface area contributed by atoms with Gasteiger partial charge in [-0.3, -0.25) is 9.59 Å². The van der Waals surface area contributed by atoms with Crippen LogP contribution in [-0.4, -0.2) is 37.8 Å². The van der Waals surface area contributed by atoms with Crippen LogP contribution in [0.1, 0.15) is 49.5 Å². The number of nitrogens with one attached hydrogen (secondary N) is 2. The zero-order valence-electron chi connectivity index (χ0n) is 18.9. The second-order valence-electron chi connectivity index (χ2n) is 7.52. The summed E-state index contributed by atoms with van der Waals surface area (Å²) in [5.41, 5.74) is 3.00. The number of hydrogen-bond acceptors (Lipinski definition) is 5. The molecule has 1 atom stereocenters. The number of amides is 2. The number of carbonyl (C=O) groups is 2. The van der Waals surface area contributed by atoms with Gasteiger partial charge in [0, 0.05) is 0 Å². The lowest BCUT2D eigenvalue weighted by Gasteiger charge is -2.20. The van der Waals surface area contributed by atoms with Crippen molar-refractivity contribution < 1.29 is 23.5 Å². The highest BCUT2D eigenvalue weighted by Gasteiger charge is 2.25. The Kier molecular flexibility index (Phi) is 9.66. The molecular formula is C24H30FN3O4. The number of ether oxygens (including phenoxy) is 2. The van der Waals surface area contributed by atoms with Crippen molar-refractivity contribution >= 4 is 18.0 Å². The summed E-state index contributed by atoms with van der Waals surface area (Å²) in [6, 6.07) is 10.0. The topological polar surface area (TPSA) is 89.0 Å². The van der Waals surface area contributed by atoms with Gasteiger partial charge in [0.05, 0.1) is 25.5 Å². The molecule has 0 fully saturated rings. The third-order valence-electron chi connectivity index (χ3n) is 4.69. The number of unbranched alkanes of at least 4 members (excludes halogenated alkanes) is 1. The van der Waals surface area contributed by atoms with Gasteiger partial charge >= 0.3 is 0 Å². The van der Waals surface area contributed by atoms with Crippen molar-refractivity contribution in [3.63, 3.8) is 0 Å². The molecule has 0 saturated carbocycles. The van der Waals surface area contributed by atoms with Gasteiger partial charge < -0.3 is 14.8 Å². The summed E-state index contributed by atoms with van der Waals surface area (Å²) in [5.74, 6) is -0.856. The van der Waals surface area contributed by atoms with Crippen LogP contribution >= 0.6 is 0 Å². The Labute approximate surface area is 188 Å². The van der Waals surface area contributed by atoms with Crippen molar-refractivity contribution in [1.29, 1.82) is 0 Å². The Morgan fingerprint density at radius 1 is 1.16 bits per heavy atom. The normalized spacial score (nSPS) is 11.9.